The summed E-state index contributed by atoms with van der Waals surface area (Å²) < 4.78 is 1.94. The normalized spacial score (nSPS) is 18.8. The summed E-state index contributed by atoms with van der Waals surface area (Å²) in [6.45, 7) is 4.79. The summed E-state index contributed by atoms with van der Waals surface area (Å²) in [5.41, 5.74) is 1.79. The lowest BCUT2D eigenvalue weighted by Gasteiger charge is -2.27. The van der Waals surface area contributed by atoms with E-state index in [1.807, 2.05) is 10.7 Å². The fourth-order valence-electron chi connectivity index (χ4n) is 2.96. The molecule has 1 atom stereocenters. The lowest BCUT2D eigenvalue weighted by Crippen LogP contribution is -2.35. The Morgan fingerprint density at radius 3 is 3.04 bits per heavy atom. The highest BCUT2D eigenvalue weighted by Gasteiger charge is 2.27. The predicted molar refractivity (Wildman–Crippen MR) is 93.3 cm³/mol. The topological polar surface area (TPSA) is 96.2 Å². The molecule has 0 spiro atoms. The number of nitrogens with one attached hydrogen (secondary N) is 1. The fourth-order valence-corrected chi connectivity index (χ4v) is 3.89. The molecule has 25 heavy (non-hydrogen) atoms. The van der Waals surface area contributed by atoms with E-state index >= 15 is 0 Å². The molecule has 3 heterocycles. The molecule has 0 radical (unpaired) electrons. The lowest BCUT2D eigenvalue weighted by molar-refractivity contribution is -0.116. The maximum atomic E-state index is 12.1. The molecule has 1 fully saturated rings. The van der Waals surface area contributed by atoms with Crippen LogP contribution in [0.4, 0.5) is 5.13 Å². The van der Waals surface area contributed by atoms with Crippen molar-refractivity contribution < 1.29 is 9.90 Å². The van der Waals surface area contributed by atoms with Crippen molar-refractivity contribution in [2.45, 2.75) is 51.3 Å². The number of carbonyl (C=O) groups is 1. The zero-order chi connectivity index (χ0) is 17.4. The lowest BCUT2D eigenvalue weighted by atomic mass is 10.2. The minimum Gasteiger partial charge on any atom is -0.387 e. The first-order valence-electron chi connectivity index (χ1n) is 8.69. The number of anilines is 1. The molecule has 0 saturated heterocycles. The maximum Gasteiger partial charge on any atom is 0.227 e. The Morgan fingerprint density at radius 2 is 2.28 bits per heavy atom. The minimum absolute atomic E-state index is 0.0257. The van der Waals surface area contributed by atoms with Gasteiger partial charge in [0, 0.05) is 32.0 Å². The van der Waals surface area contributed by atoms with Crippen LogP contribution in [0.15, 0.2) is 6.07 Å². The SMILES string of the molecule is CC(O)c1cc2n(n1)CCN(CCC(=O)Nc1nnc(C3CC3)s1)C2. The number of aromatic nitrogens is 4. The fraction of sp³-hybridized carbons (Fsp3) is 0.625. The number of carbonyl (C=O) groups excluding carboxylic acids is 1. The van der Waals surface area contributed by atoms with Gasteiger partial charge in [-0.25, -0.2) is 0 Å². The number of fused-ring (bicyclic) bond motifs is 1. The van der Waals surface area contributed by atoms with Crippen molar-refractivity contribution in [1.82, 2.24) is 24.9 Å². The van der Waals surface area contributed by atoms with Gasteiger partial charge >= 0.3 is 0 Å². The quantitative estimate of drug-likeness (QED) is 0.809. The third-order valence-electron chi connectivity index (χ3n) is 4.59. The third-order valence-corrected chi connectivity index (χ3v) is 5.59. The Bertz CT molecular complexity index is 767. The molecule has 2 aliphatic rings. The van der Waals surface area contributed by atoms with Gasteiger partial charge in [0.25, 0.3) is 0 Å². The van der Waals surface area contributed by atoms with Crippen LogP contribution < -0.4 is 5.32 Å². The number of amides is 1. The zero-order valence-corrected chi connectivity index (χ0v) is 15.0. The van der Waals surface area contributed by atoms with Crippen LogP contribution in [-0.2, 0) is 17.9 Å². The van der Waals surface area contributed by atoms with E-state index in [2.05, 4.69) is 25.5 Å². The Kier molecular flexibility index (Phi) is 4.53. The third kappa shape index (κ3) is 3.88. The summed E-state index contributed by atoms with van der Waals surface area (Å²) in [5.74, 6) is 0.537. The van der Waals surface area contributed by atoms with Crippen molar-refractivity contribution in [3.05, 3.63) is 22.5 Å². The monoisotopic (exact) mass is 362 g/mol. The first-order valence-corrected chi connectivity index (χ1v) is 9.50. The van der Waals surface area contributed by atoms with Gasteiger partial charge in [0.2, 0.25) is 11.0 Å². The second-order valence-corrected chi connectivity index (χ2v) is 7.76. The van der Waals surface area contributed by atoms with E-state index < -0.39 is 6.10 Å². The molecular weight excluding hydrogens is 340 g/mol. The summed E-state index contributed by atoms with van der Waals surface area (Å²) in [6.07, 6.45) is 2.25. The van der Waals surface area contributed by atoms with Crippen molar-refractivity contribution in [1.29, 1.82) is 0 Å². The Hall–Kier alpha value is -1.84. The molecule has 0 bridgehead atoms. The minimum atomic E-state index is -0.551. The second kappa shape index (κ2) is 6.81. The van der Waals surface area contributed by atoms with Crippen LogP contribution in [0.1, 0.15) is 54.6 Å². The Balaban J connectivity index is 1.27. The van der Waals surface area contributed by atoms with Crippen molar-refractivity contribution in [2.75, 3.05) is 18.4 Å². The maximum absolute atomic E-state index is 12.1. The molecule has 8 nitrogen and oxygen atoms in total. The van der Waals surface area contributed by atoms with E-state index in [0.717, 1.165) is 30.3 Å². The van der Waals surface area contributed by atoms with E-state index in [-0.39, 0.29) is 5.91 Å². The molecule has 1 amide bonds. The first kappa shape index (κ1) is 16.6. The van der Waals surface area contributed by atoms with E-state index in [1.54, 1.807) is 6.92 Å². The number of aliphatic hydroxyl groups excluding tert-OH is 1. The van der Waals surface area contributed by atoms with E-state index in [1.165, 1.54) is 24.2 Å². The summed E-state index contributed by atoms with van der Waals surface area (Å²) in [4.78, 5) is 14.4. The summed E-state index contributed by atoms with van der Waals surface area (Å²) >= 11 is 1.49. The molecule has 2 N–H and O–H groups in total. The van der Waals surface area contributed by atoms with Crippen LogP contribution in [0, 0.1) is 0 Å². The average molecular weight is 362 g/mol. The highest BCUT2D eigenvalue weighted by Crippen LogP contribution is 2.42. The van der Waals surface area contributed by atoms with Gasteiger partial charge in [-0.1, -0.05) is 11.3 Å². The number of nitrogens with zero attached hydrogens (tertiary/aromatic N) is 5. The van der Waals surface area contributed by atoms with Gasteiger partial charge in [0.05, 0.1) is 24.0 Å². The molecule has 134 valence electrons. The zero-order valence-electron chi connectivity index (χ0n) is 14.2. The number of aliphatic hydroxyl groups is 1. The predicted octanol–water partition coefficient (Wildman–Crippen LogP) is 1.51. The standard InChI is InChI=1S/C16H22N6O2S/c1-10(23)13-8-12-9-21(6-7-22(12)20-13)5-4-14(24)17-16-19-18-15(25-16)11-2-3-11/h8,10-11,23H,2-7,9H2,1H3,(H,17,19,24). The molecule has 9 heteroatoms. The molecule has 0 aromatic carbocycles. The van der Waals surface area contributed by atoms with E-state index in [0.29, 0.717) is 29.7 Å². The Labute approximate surface area is 149 Å². The summed E-state index contributed by atoms with van der Waals surface area (Å²) in [5, 5.41) is 26.7. The van der Waals surface area contributed by atoms with Gasteiger partial charge in [0.1, 0.15) is 5.01 Å². The van der Waals surface area contributed by atoms with Gasteiger partial charge in [-0.3, -0.25) is 14.4 Å². The molecule has 1 unspecified atom stereocenters. The molecule has 2 aromatic heterocycles. The van der Waals surface area contributed by atoms with Gasteiger partial charge in [-0.2, -0.15) is 5.10 Å². The van der Waals surface area contributed by atoms with Crippen LogP contribution in [0.5, 0.6) is 0 Å². The number of hydrogen-bond acceptors (Lipinski definition) is 7. The van der Waals surface area contributed by atoms with Crippen LogP contribution in [0.3, 0.4) is 0 Å². The Morgan fingerprint density at radius 1 is 1.44 bits per heavy atom. The van der Waals surface area contributed by atoms with Gasteiger partial charge in [-0.15, -0.1) is 10.2 Å². The smallest absolute Gasteiger partial charge is 0.227 e. The molecular formula is C16H22N6O2S. The summed E-state index contributed by atoms with van der Waals surface area (Å²) in [7, 11) is 0. The largest absolute Gasteiger partial charge is 0.387 e. The van der Waals surface area contributed by atoms with Crippen LogP contribution >= 0.6 is 11.3 Å². The summed E-state index contributed by atoms with van der Waals surface area (Å²) in [6, 6.07) is 1.94. The second-order valence-electron chi connectivity index (χ2n) is 6.75. The first-order chi connectivity index (χ1) is 12.1. The number of rotatable bonds is 6. The highest BCUT2D eigenvalue weighted by molar-refractivity contribution is 7.15. The molecule has 2 aromatic rings. The molecule has 1 aliphatic carbocycles. The molecule has 1 saturated carbocycles. The van der Waals surface area contributed by atoms with Crippen LogP contribution in [-0.4, -0.2) is 49.0 Å². The molecule has 4 rings (SSSR count). The van der Waals surface area contributed by atoms with Gasteiger partial charge < -0.3 is 10.4 Å². The average Bonchev–Trinajstić information content (AvgIpc) is 3.18. The van der Waals surface area contributed by atoms with Crippen molar-refractivity contribution >= 4 is 22.4 Å². The van der Waals surface area contributed by atoms with E-state index in [4.69, 9.17) is 0 Å². The van der Waals surface area contributed by atoms with Crippen LogP contribution in [0.25, 0.3) is 0 Å². The van der Waals surface area contributed by atoms with E-state index in [9.17, 15) is 9.90 Å². The van der Waals surface area contributed by atoms with Crippen molar-refractivity contribution in [2.24, 2.45) is 0 Å². The highest BCUT2D eigenvalue weighted by atomic mass is 32.1. The van der Waals surface area contributed by atoms with Gasteiger partial charge in [-0.05, 0) is 25.8 Å². The molecule has 1 aliphatic heterocycles. The van der Waals surface area contributed by atoms with Crippen LogP contribution in [0.2, 0.25) is 0 Å². The van der Waals surface area contributed by atoms with Gasteiger partial charge in [0.15, 0.2) is 0 Å². The van der Waals surface area contributed by atoms with Crippen molar-refractivity contribution in [3.8, 4) is 0 Å². The van der Waals surface area contributed by atoms with Crippen molar-refractivity contribution in [3.63, 3.8) is 0 Å². The number of hydrogen-bond donors (Lipinski definition) is 2.